The second kappa shape index (κ2) is 13.6. The zero-order valence-electron chi connectivity index (χ0n) is 17.1. The predicted molar refractivity (Wildman–Crippen MR) is 123 cm³/mol. The molecule has 1 aromatic carbocycles. The number of hydrogen-bond donors (Lipinski definition) is 2. The van der Waals surface area contributed by atoms with E-state index in [1.54, 1.807) is 31.4 Å². The largest absolute Gasteiger partial charge is 0.497 e. The van der Waals surface area contributed by atoms with Gasteiger partial charge in [0, 0.05) is 38.9 Å². The van der Waals surface area contributed by atoms with E-state index in [4.69, 9.17) is 9.47 Å². The summed E-state index contributed by atoms with van der Waals surface area (Å²) in [6.45, 7) is 6.19. The summed E-state index contributed by atoms with van der Waals surface area (Å²) in [5.74, 6) is 2.23. The molecule has 1 saturated carbocycles. The van der Waals surface area contributed by atoms with E-state index in [1.165, 1.54) is 12.8 Å². The van der Waals surface area contributed by atoms with Gasteiger partial charge in [-0.2, -0.15) is 0 Å². The Bertz CT molecular complexity index is 606. The van der Waals surface area contributed by atoms with Gasteiger partial charge in [-0.25, -0.2) is 0 Å². The molecule has 1 aromatic rings. The van der Waals surface area contributed by atoms with E-state index in [-0.39, 0.29) is 29.9 Å². The van der Waals surface area contributed by atoms with Crippen LogP contribution in [-0.2, 0) is 4.74 Å². The Labute approximate surface area is 185 Å². The number of methoxy groups -OCH3 is 1. The molecule has 0 radical (unpaired) electrons. The minimum absolute atomic E-state index is 0. The molecule has 1 amide bonds. The first-order chi connectivity index (χ1) is 13.1. The van der Waals surface area contributed by atoms with Crippen LogP contribution in [0.1, 0.15) is 30.1 Å². The van der Waals surface area contributed by atoms with Crippen molar-refractivity contribution in [2.24, 2.45) is 10.9 Å². The van der Waals surface area contributed by atoms with Crippen molar-refractivity contribution in [3.8, 4) is 5.75 Å². The minimum atomic E-state index is -0.111. The molecular weight excluding hydrogens is 471 g/mol. The van der Waals surface area contributed by atoms with Crippen molar-refractivity contribution in [1.29, 1.82) is 0 Å². The van der Waals surface area contributed by atoms with Gasteiger partial charge in [-0.15, -0.1) is 24.0 Å². The normalized spacial score (nSPS) is 13.5. The Hall–Kier alpha value is -1.55. The Balaban J connectivity index is 0.00000392. The maximum Gasteiger partial charge on any atom is 0.251 e. The molecule has 158 valence electrons. The van der Waals surface area contributed by atoms with E-state index in [1.807, 2.05) is 14.0 Å². The van der Waals surface area contributed by atoms with Crippen LogP contribution in [0, 0.1) is 5.92 Å². The van der Waals surface area contributed by atoms with Gasteiger partial charge in [0.1, 0.15) is 5.75 Å². The summed E-state index contributed by atoms with van der Waals surface area (Å²) in [7, 11) is 3.60. The molecule has 0 aromatic heterocycles. The van der Waals surface area contributed by atoms with E-state index in [2.05, 4.69) is 20.5 Å². The summed E-state index contributed by atoms with van der Waals surface area (Å²) in [5, 5.41) is 6.16. The molecule has 7 nitrogen and oxygen atoms in total. The maximum atomic E-state index is 12.1. The quantitative estimate of drug-likeness (QED) is 0.210. The van der Waals surface area contributed by atoms with Gasteiger partial charge < -0.3 is 25.0 Å². The lowest BCUT2D eigenvalue weighted by Gasteiger charge is -2.22. The fraction of sp³-hybridized carbons (Fsp3) is 0.600. The van der Waals surface area contributed by atoms with Gasteiger partial charge in [0.05, 0.1) is 20.3 Å². The summed E-state index contributed by atoms with van der Waals surface area (Å²) in [5.41, 5.74) is 0.608. The van der Waals surface area contributed by atoms with Crippen LogP contribution in [0.2, 0.25) is 0 Å². The fourth-order valence-corrected chi connectivity index (χ4v) is 2.49. The fourth-order valence-electron chi connectivity index (χ4n) is 2.49. The molecule has 0 spiro atoms. The highest BCUT2D eigenvalue weighted by atomic mass is 127. The molecule has 2 N–H and O–H groups in total. The Kier molecular flexibility index (Phi) is 11.9. The van der Waals surface area contributed by atoms with Crippen LogP contribution >= 0.6 is 24.0 Å². The lowest BCUT2D eigenvalue weighted by Crippen LogP contribution is -2.41. The number of nitrogens with one attached hydrogen (secondary N) is 2. The first kappa shape index (κ1) is 24.5. The second-order valence-electron chi connectivity index (χ2n) is 6.66. The van der Waals surface area contributed by atoms with Crippen LogP contribution in [0.25, 0.3) is 0 Å². The molecule has 1 aliphatic rings. The Morgan fingerprint density at radius 1 is 1.25 bits per heavy atom. The topological polar surface area (TPSA) is 75.2 Å². The first-order valence-electron chi connectivity index (χ1n) is 9.63. The average Bonchev–Trinajstić information content (AvgIpc) is 3.51. The van der Waals surface area contributed by atoms with E-state index in [9.17, 15) is 4.79 Å². The maximum absolute atomic E-state index is 12.1. The van der Waals surface area contributed by atoms with Gasteiger partial charge >= 0.3 is 0 Å². The van der Waals surface area contributed by atoms with Crippen LogP contribution in [-0.4, -0.2) is 70.3 Å². The zero-order valence-corrected chi connectivity index (χ0v) is 19.4. The Morgan fingerprint density at radius 2 is 1.96 bits per heavy atom. The molecule has 8 heteroatoms. The molecule has 0 aliphatic heterocycles. The van der Waals surface area contributed by atoms with Crippen LogP contribution in [0.3, 0.4) is 0 Å². The Morgan fingerprint density at radius 3 is 2.57 bits per heavy atom. The number of hydrogen-bond acceptors (Lipinski definition) is 4. The number of carbonyl (C=O) groups excluding carboxylic acids is 1. The minimum Gasteiger partial charge on any atom is -0.497 e. The van der Waals surface area contributed by atoms with Gasteiger partial charge in [-0.1, -0.05) is 0 Å². The molecule has 0 bridgehead atoms. The highest BCUT2D eigenvalue weighted by Gasteiger charge is 2.21. The summed E-state index contributed by atoms with van der Waals surface area (Å²) in [4.78, 5) is 18.8. The molecule has 0 unspecified atom stereocenters. The number of ether oxygens (including phenoxy) is 2. The third kappa shape index (κ3) is 9.09. The van der Waals surface area contributed by atoms with Crippen LogP contribution in [0.4, 0.5) is 0 Å². The molecular formula is C20H33IN4O3. The number of halogens is 1. The van der Waals surface area contributed by atoms with Crippen molar-refractivity contribution in [3.63, 3.8) is 0 Å². The lowest BCUT2D eigenvalue weighted by molar-refractivity contribution is 0.0954. The van der Waals surface area contributed by atoms with E-state index in [0.717, 1.165) is 37.3 Å². The van der Waals surface area contributed by atoms with E-state index < -0.39 is 0 Å². The number of likely N-dealkylation sites (N-methyl/N-ethyl adjacent to an activating group) is 1. The molecule has 1 fully saturated rings. The average molecular weight is 504 g/mol. The summed E-state index contributed by atoms with van der Waals surface area (Å²) < 4.78 is 10.8. The number of rotatable bonds is 11. The van der Waals surface area contributed by atoms with Gasteiger partial charge in [0.2, 0.25) is 0 Å². The van der Waals surface area contributed by atoms with Gasteiger partial charge in [0.25, 0.3) is 5.91 Å². The number of guanidine groups is 1. The lowest BCUT2D eigenvalue weighted by atomic mass is 10.2. The van der Waals surface area contributed by atoms with E-state index in [0.29, 0.717) is 25.3 Å². The summed E-state index contributed by atoms with van der Waals surface area (Å²) >= 11 is 0. The number of aliphatic imine (C=N–C) groups is 1. The highest BCUT2D eigenvalue weighted by Crippen LogP contribution is 2.28. The van der Waals surface area contributed by atoms with Crippen LogP contribution in [0.5, 0.6) is 5.75 Å². The number of nitrogens with zero attached hydrogens (tertiary/aromatic N) is 2. The van der Waals surface area contributed by atoms with Crippen molar-refractivity contribution in [2.45, 2.75) is 19.8 Å². The SMILES string of the molecule is CCNC(=NCCNC(=O)c1ccc(OC)cc1)N(C)CCOCC1CC1.I. The van der Waals surface area contributed by atoms with Crippen molar-refractivity contribution in [2.75, 3.05) is 53.6 Å². The number of carbonyl (C=O) groups is 1. The molecule has 2 rings (SSSR count). The molecule has 1 aliphatic carbocycles. The van der Waals surface area contributed by atoms with Crippen molar-refractivity contribution < 1.29 is 14.3 Å². The van der Waals surface area contributed by atoms with Crippen LogP contribution in [0.15, 0.2) is 29.3 Å². The summed E-state index contributed by atoms with van der Waals surface area (Å²) in [6.07, 6.45) is 2.62. The molecule has 0 atom stereocenters. The van der Waals surface area contributed by atoms with Crippen molar-refractivity contribution >= 4 is 35.8 Å². The van der Waals surface area contributed by atoms with Gasteiger partial charge in [-0.3, -0.25) is 9.79 Å². The number of amides is 1. The number of benzene rings is 1. The zero-order chi connectivity index (χ0) is 19.5. The molecule has 0 saturated heterocycles. The summed E-state index contributed by atoms with van der Waals surface area (Å²) in [6, 6.07) is 7.04. The highest BCUT2D eigenvalue weighted by molar-refractivity contribution is 14.0. The molecule has 28 heavy (non-hydrogen) atoms. The first-order valence-corrected chi connectivity index (χ1v) is 9.63. The van der Waals surface area contributed by atoms with Gasteiger partial charge in [0.15, 0.2) is 5.96 Å². The van der Waals surface area contributed by atoms with Gasteiger partial charge in [-0.05, 0) is 49.9 Å². The standard InChI is InChI=1S/C20H32N4O3.HI/c1-4-21-20(24(2)13-14-27-15-16-5-6-16)23-12-11-22-19(25)17-7-9-18(26-3)10-8-17;/h7-10,16H,4-6,11-15H2,1-3H3,(H,21,23)(H,22,25);1H. The molecule has 0 heterocycles. The van der Waals surface area contributed by atoms with E-state index >= 15 is 0 Å². The smallest absolute Gasteiger partial charge is 0.251 e. The third-order valence-electron chi connectivity index (χ3n) is 4.33. The van der Waals surface area contributed by atoms with Crippen molar-refractivity contribution in [1.82, 2.24) is 15.5 Å². The second-order valence-corrected chi connectivity index (χ2v) is 6.66. The monoisotopic (exact) mass is 504 g/mol. The van der Waals surface area contributed by atoms with Crippen LogP contribution < -0.4 is 15.4 Å². The third-order valence-corrected chi connectivity index (χ3v) is 4.33. The van der Waals surface area contributed by atoms with Crippen molar-refractivity contribution in [3.05, 3.63) is 29.8 Å². The predicted octanol–water partition coefficient (Wildman–Crippen LogP) is 2.37.